The molecule has 5 nitrogen and oxygen atoms in total. The summed E-state index contributed by atoms with van der Waals surface area (Å²) in [5.41, 5.74) is -0.375. The van der Waals surface area contributed by atoms with Gasteiger partial charge in [-0.15, -0.1) is 0 Å². The minimum Gasteiger partial charge on any atom is -0.543 e. The monoisotopic (exact) mass is 221 g/mol. The fraction of sp³-hybridized carbons (Fsp3) is 0.250. The van der Waals surface area contributed by atoms with Gasteiger partial charge in [0, 0.05) is 0 Å². The first-order valence-electron chi connectivity index (χ1n) is 3.88. The Bertz CT molecular complexity index is 457. The second-order valence-electron chi connectivity index (χ2n) is 2.55. The summed E-state index contributed by atoms with van der Waals surface area (Å²) in [7, 11) is -3.46. The van der Waals surface area contributed by atoms with Crippen LogP contribution in [0.3, 0.4) is 0 Å². The van der Waals surface area contributed by atoms with Gasteiger partial charge in [-0.05, 0) is 12.1 Å². The molecular formula is C8H8LiNO4S. The fourth-order valence-electron chi connectivity index (χ4n) is 0.850. The Morgan fingerprint density at radius 2 is 2.07 bits per heavy atom. The van der Waals surface area contributed by atoms with Gasteiger partial charge in [0.25, 0.3) is 0 Å². The molecule has 0 unspecified atom stereocenters. The summed E-state index contributed by atoms with van der Waals surface area (Å²) in [6.45, 7) is 1.46. The molecule has 0 aliphatic heterocycles. The van der Waals surface area contributed by atoms with Crippen molar-refractivity contribution in [2.75, 3.05) is 5.75 Å². The summed E-state index contributed by atoms with van der Waals surface area (Å²) in [5.74, 6) is -1.60. The van der Waals surface area contributed by atoms with Gasteiger partial charge in [0.15, 0.2) is 14.9 Å². The van der Waals surface area contributed by atoms with E-state index in [1.54, 1.807) is 0 Å². The number of carboxylic acids is 1. The van der Waals surface area contributed by atoms with Gasteiger partial charge >= 0.3 is 18.9 Å². The molecule has 0 spiro atoms. The van der Waals surface area contributed by atoms with Crippen LogP contribution in [0.15, 0.2) is 23.2 Å². The van der Waals surface area contributed by atoms with Crippen LogP contribution in [0, 0.1) is 0 Å². The minimum atomic E-state index is -3.46. The second kappa shape index (κ2) is 5.31. The number of sulfone groups is 1. The first kappa shape index (κ1) is 14.2. The number of carbonyl (C=O) groups excluding carboxylic acids is 1. The number of aromatic carboxylic acids is 1. The van der Waals surface area contributed by atoms with Crippen LogP contribution in [0.5, 0.6) is 0 Å². The first-order chi connectivity index (χ1) is 6.47. The molecule has 0 N–H and O–H groups in total. The van der Waals surface area contributed by atoms with Crippen molar-refractivity contribution in [1.29, 1.82) is 0 Å². The smallest absolute Gasteiger partial charge is 0.543 e. The van der Waals surface area contributed by atoms with E-state index in [9.17, 15) is 18.3 Å². The molecule has 0 saturated heterocycles. The molecule has 0 aromatic carbocycles. The van der Waals surface area contributed by atoms with Gasteiger partial charge < -0.3 is 9.90 Å². The van der Waals surface area contributed by atoms with Crippen molar-refractivity contribution in [3.8, 4) is 0 Å². The predicted molar refractivity (Wildman–Crippen MR) is 46.3 cm³/mol. The number of nitrogens with zero attached hydrogens (tertiary/aromatic N) is 1. The molecule has 7 heteroatoms. The standard InChI is InChI=1S/C8H9NO4S.Li/c1-2-14(12,13)7-5-3-4-6(9-7)8(10)11;/h3-5H,2H2,1H3,(H,10,11);/q;+1/p-1. The van der Waals surface area contributed by atoms with Gasteiger partial charge in [0.05, 0.1) is 17.4 Å². The molecule has 1 aromatic rings. The number of pyridine rings is 1. The Labute approximate surface area is 99.6 Å². The van der Waals surface area contributed by atoms with Crippen molar-refractivity contribution in [3.63, 3.8) is 0 Å². The summed E-state index contributed by atoms with van der Waals surface area (Å²) < 4.78 is 22.6. The van der Waals surface area contributed by atoms with E-state index >= 15 is 0 Å². The summed E-state index contributed by atoms with van der Waals surface area (Å²) in [6.07, 6.45) is 0. The molecule has 0 atom stereocenters. The Morgan fingerprint density at radius 3 is 2.53 bits per heavy atom. The quantitative estimate of drug-likeness (QED) is 0.489. The molecule has 0 fully saturated rings. The molecular weight excluding hydrogens is 213 g/mol. The Hall–Kier alpha value is -0.833. The maximum atomic E-state index is 11.3. The van der Waals surface area contributed by atoms with Crippen LogP contribution in [0.2, 0.25) is 0 Å². The zero-order chi connectivity index (χ0) is 10.8. The normalized spacial score (nSPS) is 10.5. The van der Waals surface area contributed by atoms with E-state index in [0.29, 0.717) is 0 Å². The van der Waals surface area contributed by atoms with E-state index in [1.165, 1.54) is 25.1 Å². The Morgan fingerprint density at radius 1 is 1.47 bits per heavy atom. The van der Waals surface area contributed by atoms with Crippen molar-refractivity contribution in [2.45, 2.75) is 11.9 Å². The van der Waals surface area contributed by atoms with Crippen LogP contribution in [0.4, 0.5) is 0 Å². The molecule has 0 bridgehead atoms. The van der Waals surface area contributed by atoms with E-state index in [4.69, 9.17) is 0 Å². The van der Waals surface area contributed by atoms with Crippen LogP contribution < -0.4 is 24.0 Å². The van der Waals surface area contributed by atoms with Crippen LogP contribution in [0.1, 0.15) is 17.4 Å². The minimum absolute atomic E-state index is 0. The van der Waals surface area contributed by atoms with Gasteiger partial charge in [-0.25, -0.2) is 13.4 Å². The van der Waals surface area contributed by atoms with Gasteiger partial charge in [-0.3, -0.25) is 0 Å². The Balaban J connectivity index is 0.00000196. The van der Waals surface area contributed by atoms with Crippen LogP contribution in [-0.2, 0) is 9.84 Å². The molecule has 0 saturated carbocycles. The van der Waals surface area contributed by atoms with Crippen molar-refractivity contribution in [2.24, 2.45) is 0 Å². The van der Waals surface area contributed by atoms with E-state index in [0.717, 1.165) is 0 Å². The number of rotatable bonds is 3. The maximum absolute atomic E-state index is 11.3. The molecule has 0 radical (unpaired) electrons. The average Bonchev–Trinajstić information content (AvgIpc) is 2.18. The van der Waals surface area contributed by atoms with Gasteiger partial charge in [0.1, 0.15) is 0 Å². The van der Waals surface area contributed by atoms with Gasteiger partial charge in [0.2, 0.25) is 0 Å². The topological polar surface area (TPSA) is 87.2 Å². The van der Waals surface area contributed by atoms with Crippen molar-refractivity contribution >= 4 is 15.8 Å². The summed E-state index contributed by atoms with van der Waals surface area (Å²) >= 11 is 0. The Kier molecular flexibility index (Phi) is 5.01. The van der Waals surface area contributed by atoms with E-state index in [1.807, 2.05) is 0 Å². The predicted octanol–water partition coefficient (Wildman–Crippen LogP) is -3.76. The summed E-state index contributed by atoms with van der Waals surface area (Å²) in [6, 6.07) is 3.76. The third kappa shape index (κ3) is 3.34. The first-order valence-corrected chi connectivity index (χ1v) is 5.53. The molecule has 0 aliphatic carbocycles. The zero-order valence-electron chi connectivity index (χ0n) is 8.43. The molecule has 76 valence electrons. The zero-order valence-corrected chi connectivity index (χ0v) is 9.24. The molecule has 1 heterocycles. The molecule has 0 aliphatic rings. The largest absolute Gasteiger partial charge is 1.00 e. The van der Waals surface area contributed by atoms with E-state index < -0.39 is 15.8 Å². The van der Waals surface area contributed by atoms with Crippen molar-refractivity contribution in [1.82, 2.24) is 4.98 Å². The summed E-state index contributed by atoms with van der Waals surface area (Å²) in [4.78, 5) is 13.9. The fourth-order valence-corrected chi connectivity index (χ4v) is 1.67. The van der Waals surface area contributed by atoms with E-state index in [2.05, 4.69) is 4.98 Å². The third-order valence-electron chi connectivity index (χ3n) is 1.63. The van der Waals surface area contributed by atoms with Gasteiger partial charge in [-0.1, -0.05) is 13.0 Å². The van der Waals surface area contributed by atoms with Crippen molar-refractivity contribution in [3.05, 3.63) is 23.9 Å². The molecule has 1 rings (SSSR count). The third-order valence-corrected chi connectivity index (χ3v) is 3.26. The second-order valence-corrected chi connectivity index (χ2v) is 4.78. The maximum Gasteiger partial charge on any atom is 1.00 e. The van der Waals surface area contributed by atoms with Crippen LogP contribution >= 0.6 is 0 Å². The van der Waals surface area contributed by atoms with Crippen molar-refractivity contribution < 1.29 is 37.2 Å². The SMILES string of the molecule is CCS(=O)(=O)c1cccc(C(=O)[O-])n1.[Li+]. The number of carboxylic acid groups (broad SMARTS) is 1. The van der Waals surface area contributed by atoms with E-state index in [-0.39, 0.29) is 35.3 Å². The number of hydrogen-bond donors (Lipinski definition) is 0. The number of aromatic nitrogens is 1. The average molecular weight is 221 g/mol. The van der Waals surface area contributed by atoms with Crippen LogP contribution in [0.25, 0.3) is 0 Å². The number of carbonyl (C=O) groups is 1. The molecule has 15 heavy (non-hydrogen) atoms. The number of hydrogen-bond acceptors (Lipinski definition) is 5. The summed E-state index contributed by atoms with van der Waals surface area (Å²) in [5, 5.41) is 10.2. The molecule has 1 aromatic heterocycles. The van der Waals surface area contributed by atoms with Crippen LogP contribution in [-0.4, -0.2) is 25.1 Å². The van der Waals surface area contributed by atoms with Gasteiger partial charge in [-0.2, -0.15) is 0 Å². The molecule has 0 amide bonds.